The third-order valence-electron chi connectivity index (χ3n) is 6.32. The molecule has 1 atom stereocenters. The Bertz CT molecular complexity index is 1380. The van der Waals surface area contributed by atoms with E-state index in [9.17, 15) is 5.11 Å². The van der Waals surface area contributed by atoms with Crippen molar-refractivity contribution in [1.29, 1.82) is 0 Å². The van der Waals surface area contributed by atoms with E-state index in [-0.39, 0.29) is 0 Å². The van der Waals surface area contributed by atoms with E-state index < -0.39 is 5.60 Å². The van der Waals surface area contributed by atoms with Gasteiger partial charge in [0.15, 0.2) is 5.60 Å². The smallest absolute Gasteiger partial charge is 0.258 e. The Balaban J connectivity index is 1.72. The number of halogens is 1. The van der Waals surface area contributed by atoms with Crippen molar-refractivity contribution in [2.75, 3.05) is 13.7 Å². The Labute approximate surface area is 202 Å². The van der Waals surface area contributed by atoms with Gasteiger partial charge in [-0.15, -0.1) is 5.10 Å². The SMILES string of the molecule is COc1nc2ccc([C@](O)(c3ccc(C)nc3C)c3cnnn3C)cc2c(Cl)c1OCC1CC1. The van der Waals surface area contributed by atoms with Crippen LogP contribution in [0.3, 0.4) is 0 Å². The van der Waals surface area contributed by atoms with Crippen molar-refractivity contribution in [3.05, 3.63) is 69.8 Å². The van der Waals surface area contributed by atoms with Gasteiger partial charge >= 0.3 is 0 Å². The second-order valence-corrected chi connectivity index (χ2v) is 9.17. The highest BCUT2D eigenvalue weighted by atomic mass is 35.5. The molecule has 0 spiro atoms. The van der Waals surface area contributed by atoms with Crippen LogP contribution in [0.1, 0.15) is 41.1 Å². The highest BCUT2D eigenvalue weighted by Crippen LogP contribution is 2.43. The van der Waals surface area contributed by atoms with Gasteiger partial charge in [0.25, 0.3) is 5.88 Å². The molecule has 0 bridgehead atoms. The van der Waals surface area contributed by atoms with Crippen molar-refractivity contribution in [3.63, 3.8) is 0 Å². The highest BCUT2D eigenvalue weighted by molar-refractivity contribution is 6.37. The van der Waals surface area contributed by atoms with Crippen molar-refractivity contribution in [2.45, 2.75) is 32.3 Å². The number of hydrogen-bond donors (Lipinski definition) is 1. The Morgan fingerprint density at radius 1 is 1.18 bits per heavy atom. The first-order chi connectivity index (χ1) is 16.3. The number of rotatable bonds is 7. The number of aryl methyl sites for hydroxylation is 3. The Hall–Kier alpha value is -3.23. The number of aromatic nitrogens is 5. The van der Waals surface area contributed by atoms with Crippen molar-refractivity contribution in [3.8, 4) is 11.6 Å². The fraction of sp³-hybridized carbons (Fsp3) is 0.360. The molecule has 5 rings (SSSR count). The van der Waals surface area contributed by atoms with Crippen LogP contribution in [0.5, 0.6) is 11.6 Å². The lowest BCUT2D eigenvalue weighted by Crippen LogP contribution is -2.32. The number of aliphatic hydroxyl groups is 1. The van der Waals surface area contributed by atoms with Crippen LogP contribution in [-0.2, 0) is 12.6 Å². The van der Waals surface area contributed by atoms with E-state index in [0.717, 1.165) is 18.5 Å². The van der Waals surface area contributed by atoms with Gasteiger partial charge in [0.05, 0.1) is 36.1 Å². The number of hydrogen-bond acceptors (Lipinski definition) is 7. The minimum Gasteiger partial charge on any atom is -0.486 e. The molecule has 0 amide bonds. The number of ether oxygens (including phenoxy) is 2. The molecule has 1 aromatic carbocycles. The zero-order chi connectivity index (χ0) is 24.0. The molecule has 0 aliphatic heterocycles. The minimum atomic E-state index is -1.57. The number of nitrogens with zero attached hydrogens (tertiary/aromatic N) is 5. The molecule has 0 saturated heterocycles. The Kier molecular flexibility index (Phi) is 5.65. The van der Waals surface area contributed by atoms with E-state index in [1.807, 2.05) is 44.2 Å². The summed E-state index contributed by atoms with van der Waals surface area (Å²) in [6, 6.07) is 9.23. The monoisotopic (exact) mass is 479 g/mol. The van der Waals surface area contributed by atoms with Crippen LogP contribution in [0, 0.1) is 19.8 Å². The van der Waals surface area contributed by atoms with Crippen molar-refractivity contribution >= 4 is 22.5 Å². The first-order valence-corrected chi connectivity index (χ1v) is 11.5. The molecular formula is C25H26ClN5O3. The van der Waals surface area contributed by atoms with Gasteiger partial charge in [-0.2, -0.15) is 0 Å². The van der Waals surface area contributed by atoms with Gasteiger partial charge in [-0.3, -0.25) is 4.98 Å². The summed E-state index contributed by atoms with van der Waals surface area (Å²) in [7, 11) is 3.29. The van der Waals surface area contributed by atoms with Gasteiger partial charge in [-0.05, 0) is 56.4 Å². The Morgan fingerprint density at radius 2 is 1.97 bits per heavy atom. The topological polar surface area (TPSA) is 95.2 Å². The molecule has 0 radical (unpaired) electrons. The summed E-state index contributed by atoms with van der Waals surface area (Å²) < 4.78 is 13.0. The third kappa shape index (κ3) is 3.76. The third-order valence-corrected chi connectivity index (χ3v) is 6.70. The summed E-state index contributed by atoms with van der Waals surface area (Å²) in [6.45, 7) is 4.36. The quantitative estimate of drug-likeness (QED) is 0.426. The molecule has 1 saturated carbocycles. The molecule has 8 nitrogen and oxygen atoms in total. The lowest BCUT2D eigenvalue weighted by Gasteiger charge is -2.30. The Morgan fingerprint density at radius 3 is 2.62 bits per heavy atom. The second-order valence-electron chi connectivity index (χ2n) is 8.79. The average Bonchev–Trinajstić information content (AvgIpc) is 3.55. The normalized spacial score (nSPS) is 15.4. The zero-order valence-corrected chi connectivity index (χ0v) is 20.3. The summed E-state index contributed by atoms with van der Waals surface area (Å²) in [5.74, 6) is 1.30. The average molecular weight is 480 g/mol. The van der Waals surface area contributed by atoms with Crippen LogP contribution >= 0.6 is 11.6 Å². The van der Waals surface area contributed by atoms with Gasteiger partial charge < -0.3 is 14.6 Å². The van der Waals surface area contributed by atoms with Gasteiger partial charge in [0.2, 0.25) is 5.75 Å². The fourth-order valence-electron chi connectivity index (χ4n) is 4.29. The fourth-order valence-corrected chi connectivity index (χ4v) is 4.57. The molecule has 4 aromatic rings. The number of fused-ring (bicyclic) bond motifs is 1. The van der Waals surface area contributed by atoms with Crippen molar-refractivity contribution < 1.29 is 14.6 Å². The largest absolute Gasteiger partial charge is 0.486 e. The summed E-state index contributed by atoms with van der Waals surface area (Å²) in [6.07, 6.45) is 3.86. The first kappa shape index (κ1) is 22.6. The molecule has 3 heterocycles. The van der Waals surface area contributed by atoms with Gasteiger partial charge in [0.1, 0.15) is 0 Å². The molecule has 3 aromatic heterocycles. The summed E-state index contributed by atoms with van der Waals surface area (Å²) in [5.41, 5.74) is 2.34. The second kappa shape index (κ2) is 8.52. The maximum atomic E-state index is 12.3. The molecule has 1 N–H and O–H groups in total. The maximum absolute atomic E-state index is 12.3. The van der Waals surface area contributed by atoms with Crippen LogP contribution in [-0.4, -0.2) is 43.8 Å². The molecule has 34 heavy (non-hydrogen) atoms. The number of methoxy groups -OCH3 is 1. The molecule has 1 aliphatic rings. The lowest BCUT2D eigenvalue weighted by molar-refractivity contribution is 0.115. The van der Waals surface area contributed by atoms with Crippen LogP contribution in [0.25, 0.3) is 10.9 Å². The van der Waals surface area contributed by atoms with E-state index in [1.165, 1.54) is 0 Å². The first-order valence-electron chi connectivity index (χ1n) is 11.2. The summed E-state index contributed by atoms with van der Waals surface area (Å²) in [4.78, 5) is 9.19. The molecule has 9 heteroatoms. The summed E-state index contributed by atoms with van der Waals surface area (Å²) in [5, 5.41) is 21.4. The van der Waals surface area contributed by atoms with Crippen LogP contribution in [0.4, 0.5) is 0 Å². The van der Waals surface area contributed by atoms with Crippen LogP contribution in [0.15, 0.2) is 36.5 Å². The predicted molar refractivity (Wildman–Crippen MR) is 128 cm³/mol. The van der Waals surface area contributed by atoms with Crippen LogP contribution in [0.2, 0.25) is 5.02 Å². The van der Waals surface area contributed by atoms with Gasteiger partial charge in [-0.1, -0.05) is 28.9 Å². The van der Waals surface area contributed by atoms with E-state index in [1.54, 1.807) is 25.0 Å². The molecule has 1 fully saturated rings. The molecule has 176 valence electrons. The van der Waals surface area contributed by atoms with Gasteiger partial charge in [0, 0.05) is 29.4 Å². The molecule has 0 unspecified atom stereocenters. The standard InChI is InChI=1S/C25H26ClN5O3/c1-14-5-9-19(15(2)28-14)25(32,21-12-27-30-31(21)3)17-8-10-20-18(11-17)22(26)23(24(29-20)33-4)34-13-16-6-7-16/h5,8-12,16,32H,6-7,13H2,1-4H3/t25-/m0/s1. The van der Waals surface area contributed by atoms with Crippen molar-refractivity contribution in [1.82, 2.24) is 25.0 Å². The van der Waals surface area contributed by atoms with Crippen LogP contribution < -0.4 is 9.47 Å². The molecular weight excluding hydrogens is 454 g/mol. The van der Waals surface area contributed by atoms with E-state index in [0.29, 0.717) is 62.6 Å². The zero-order valence-electron chi connectivity index (χ0n) is 19.5. The van der Waals surface area contributed by atoms with E-state index in [4.69, 9.17) is 21.1 Å². The molecule has 1 aliphatic carbocycles. The highest BCUT2D eigenvalue weighted by Gasteiger charge is 2.39. The van der Waals surface area contributed by atoms with E-state index >= 15 is 0 Å². The lowest BCUT2D eigenvalue weighted by atomic mass is 9.82. The van der Waals surface area contributed by atoms with Gasteiger partial charge in [-0.25, -0.2) is 9.67 Å². The minimum absolute atomic E-state index is 0.343. The number of benzene rings is 1. The van der Waals surface area contributed by atoms with E-state index in [2.05, 4.69) is 20.3 Å². The number of pyridine rings is 2. The maximum Gasteiger partial charge on any atom is 0.258 e. The summed E-state index contributed by atoms with van der Waals surface area (Å²) >= 11 is 6.84. The van der Waals surface area contributed by atoms with Crippen molar-refractivity contribution in [2.24, 2.45) is 13.0 Å². The predicted octanol–water partition coefficient (Wildman–Crippen LogP) is 4.11.